The SMILES string of the molecule is CC[C@@H]1C[C@H](NS(=O)(=O)C2CCCC2)C[C@H]1c1nnc2cnc3[nH]ccc3n12. The molecule has 8 nitrogen and oxygen atoms in total. The van der Waals surface area contributed by atoms with Crippen LogP contribution in [0.4, 0.5) is 0 Å². The van der Waals surface area contributed by atoms with Crippen LogP contribution in [0.5, 0.6) is 0 Å². The molecule has 0 amide bonds. The van der Waals surface area contributed by atoms with E-state index in [1.54, 1.807) is 6.20 Å². The molecule has 3 atom stereocenters. The van der Waals surface area contributed by atoms with Crippen LogP contribution in [-0.4, -0.2) is 44.3 Å². The van der Waals surface area contributed by atoms with E-state index in [9.17, 15) is 8.42 Å². The van der Waals surface area contributed by atoms with Crippen molar-refractivity contribution < 1.29 is 8.42 Å². The van der Waals surface area contributed by atoms with Gasteiger partial charge in [0, 0.05) is 18.2 Å². The van der Waals surface area contributed by atoms with Gasteiger partial charge in [-0.25, -0.2) is 18.1 Å². The van der Waals surface area contributed by atoms with Crippen molar-refractivity contribution in [2.75, 3.05) is 0 Å². The Hall–Kier alpha value is -2.00. The van der Waals surface area contributed by atoms with Gasteiger partial charge in [-0.3, -0.25) is 4.40 Å². The molecule has 3 aromatic heterocycles. The van der Waals surface area contributed by atoms with Gasteiger partial charge in [-0.1, -0.05) is 26.2 Å². The van der Waals surface area contributed by atoms with Crippen LogP contribution in [0, 0.1) is 5.92 Å². The van der Waals surface area contributed by atoms with Crippen LogP contribution >= 0.6 is 0 Å². The molecule has 5 rings (SSSR count). The van der Waals surface area contributed by atoms with Crippen molar-refractivity contribution in [2.24, 2.45) is 5.92 Å². The molecule has 0 aromatic carbocycles. The molecule has 2 fully saturated rings. The van der Waals surface area contributed by atoms with Crippen molar-refractivity contribution in [3.63, 3.8) is 0 Å². The third-order valence-corrected chi connectivity index (χ3v) is 8.60. The predicted molar refractivity (Wildman–Crippen MR) is 106 cm³/mol. The molecule has 2 aliphatic carbocycles. The van der Waals surface area contributed by atoms with Crippen molar-refractivity contribution in [3.05, 3.63) is 24.3 Å². The van der Waals surface area contributed by atoms with Crippen molar-refractivity contribution in [3.8, 4) is 0 Å². The number of aromatic amines is 1. The molecular weight excluding hydrogens is 376 g/mol. The number of aromatic nitrogens is 5. The van der Waals surface area contributed by atoms with Crippen molar-refractivity contribution in [1.82, 2.24) is 29.3 Å². The Bertz CT molecular complexity index is 1100. The van der Waals surface area contributed by atoms with E-state index in [1.807, 2.05) is 12.3 Å². The summed E-state index contributed by atoms with van der Waals surface area (Å²) in [7, 11) is -3.24. The van der Waals surface area contributed by atoms with E-state index in [-0.39, 0.29) is 17.2 Å². The predicted octanol–water partition coefficient (Wildman–Crippen LogP) is 2.74. The van der Waals surface area contributed by atoms with Gasteiger partial charge in [0.25, 0.3) is 0 Å². The molecular formula is C19H26N6O2S. The number of nitrogens with one attached hydrogen (secondary N) is 2. The van der Waals surface area contributed by atoms with Crippen LogP contribution in [0.2, 0.25) is 0 Å². The largest absolute Gasteiger partial charge is 0.345 e. The first kappa shape index (κ1) is 18.1. The Morgan fingerprint density at radius 1 is 1.25 bits per heavy atom. The lowest BCUT2D eigenvalue weighted by Crippen LogP contribution is -2.39. The van der Waals surface area contributed by atoms with Gasteiger partial charge < -0.3 is 4.98 Å². The fourth-order valence-corrected chi connectivity index (χ4v) is 6.96. The Morgan fingerprint density at radius 2 is 2.07 bits per heavy atom. The van der Waals surface area contributed by atoms with Crippen LogP contribution in [0.15, 0.2) is 18.5 Å². The van der Waals surface area contributed by atoms with E-state index >= 15 is 0 Å². The highest BCUT2D eigenvalue weighted by Crippen LogP contribution is 2.42. The first-order valence-corrected chi connectivity index (χ1v) is 11.8. The first-order valence-electron chi connectivity index (χ1n) is 10.2. The number of hydrogen-bond acceptors (Lipinski definition) is 5. The van der Waals surface area contributed by atoms with E-state index in [1.165, 1.54) is 0 Å². The number of hydrogen-bond donors (Lipinski definition) is 2. The number of nitrogens with zero attached hydrogens (tertiary/aromatic N) is 4. The van der Waals surface area contributed by atoms with E-state index in [0.717, 1.165) is 67.6 Å². The highest BCUT2D eigenvalue weighted by Gasteiger charge is 2.40. The summed E-state index contributed by atoms with van der Waals surface area (Å²) < 4.78 is 30.6. The fraction of sp³-hybridized carbons (Fsp3) is 0.632. The maximum absolute atomic E-state index is 12.8. The van der Waals surface area contributed by atoms with Gasteiger partial charge in [-0.15, -0.1) is 10.2 Å². The summed E-state index contributed by atoms with van der Waals surface area (Å²) >= 11 is 0. The van der Waals surface area contributed by atoms with E-state index in [0.29, 0.717) is 5.92 Å². The molecule has 3 aromatic rings. The lowest BCUT2D eigenvalue weighted by Gasteiger charge is -2.17. The maximum Gasteiger partial charge on any atom is 0.214 e. The number of fused-ring (bicyclic) bond motifs is 3. The minimum absolute atomic E-state index is 0.0311. The first-order chi connectivity index (χ1) is 13.6. The minimum Gasteiger partial charge on any atom is -0.345 e. The Kier molecular flexibility index (Phi) is 4.39. The zero-order valence-electron chi connectivity index (χ0n) is 16.0. The van der Waals surface area contributed by atoms with Crippen LogP contribution in [0.1, 0.15) is 63.6 Å². The Morgan fingerprint density at radius 3 is 2.86 bits per heavy atom. The zero-order chi connectivity index (χ0) is 19.3. The molecule has 2 saturated carbocycles. The molecule has 9 heteroatoms. The highest BCUT2D eigenvalue weighted by atomic mass is 32.2. The van der Waals surface area contributed by atoms with E-state index in [4.69, 9.17) is 0 Å². The number of sulfonamides is 1. The van der Waals surface area contributed by atoms with Crippen molar-refractivity contribution >= 4 is 26.8 Å². The summed E-state index contributed by atoms with van der Waals surface area (Å²) in [4.78, 5) is 7.52. The molecule has 0 bridgehead atoms. The van der Waals surface area contributed by atoms with E-state index < -0.39 is 10.0 Å². The Balaban J connectivity index is 1.45. The summed E-state index contributed by atoms with van der Waals surface area (Å²) in [6.07, 6.45) is 9.81. The van der Waals surface area contributed by atoms with Crippen LogP contribution in [0.25, 0.3) is 16.8 Å². The quantitative estimate of drug-likeness (QED) is 0.683. The molecule has 3 heterocycles. The van der Waals surface area contributed by atoms with Crippen molar-refractivity contribution in [2.45, 2.75) is 69.1 Å². The van der Waals surface area contributed by atoms with E-state index in [2.05, 4.69) is 36.2 Å². The molecule has 0 unspecified atom stereocenters. The monoisotopic (exact) mass is 402 g/mol. The van der Waals surface area contributed by atoms with Crippen LogP contribution in [0.3, 0.4) is 0 Å². The topological polar surface area (TPSA) is 105 Å². The smallest absolute Gasteiger partial charge is 0.214 e. The molecule has 0 saturated heterocycles. The normalized spacial score (nSPS) is 26.7. The van der Waals surface area contributed by atoms with Gasteiger partial charge in [0.15, 0.2) is 11.3 Å². The van der Waals surface area contributed by atoms with Gasteiger partial charge in [0.2, 0.25) is 10.0 Å². The molecule has 2 N–H and O–H groups in total. The summed E-state index contributed by atoms with van der Waals surface area (Å²) in [5.41, 5.74) is 2.49. The van der Waals surface area contributed by atoms with Gasteiger partial charge in [-0.05, 0) is 37.7 Å². The molecule has 0 radical (unpaired) electrons. The molecule has 150 valence electrons. The second-order valence-electron chi connectivity index (χ2n) is 8.23. The van der Waals surface area contributed by atoms with Gasteiger partial charge in [0.1, 0.15) is 5.82 Å². The Labute approximate surface area is 164 Å². The lowest BCUT2D eigenvalue weighted by atomic mass is 9.93. The molecule has 0 spiro atoms. The molecule has 2 aliphatic rings. The number of rotatable bonds is 5. The average Bonchev–Trinajstić information content (AvgIpc) is 3.44. The third-order valence-electron chi connectivity index (χ3n) is 6.59. The van der Waals surface area contributed by atoms with Gasteiger partial charge in [-0.2, -0.15) is 0 Å². The third kappa shape index (κ3) is 2.91. The fourth-order valence-electron chi connectivity index (χ4n) is 5.15. The van der Waals surface area contributed by atoms with Crippen molar-refractivity contribution in [1.29, 1.82) is 0 Å². The standard InChI is InChI=1S/C19H26N6O2S/c1-2-12-9-13(24-28(26,27)14-5-3-4-6-14)10-15(12)19-23-22-17-11-21-18-16(25(17)19)7-8-20-18/h7-8,11-15,20,24H,2-6,9-10H2,1H3/t12-,13+,15-/m1/s1. The summed E-state index contributed by atoms with van der Waals surface area (Å²) in [5, 5.41) is 8.60. The minimum atomic E-state index is -3.24. The second kappa shape index (κ2) is 6.81. The average molecular weight is 403 g/mol. The molecule has 0 aliphatic heterocycles. The van der Waals surface area contributed by atoms with Gasteiger partial charge in [0.05, 0.1) is 17.0 Å². The number of H-pyrrole nitrogens is 1. The maximum atomic E-state index is 12.8. The zero-order valence-corrected chi connectivity index (χ0v) is 16.8. The highest BCUT2D eigenvalue weighted by molar-refractivity contribution is 7.90. The lowest BCUT2D eigenvalue weighted by molar-refractivity contribution is 0.449. The summed E-state index contributed by atoms with van der Waals surface area (Å²) in [6, 6.07) is 1.95. The molecule has 28 heavy (non-hydrogen) atoms. The van der Waals surface area contributed by atoms with Gasteiger partial charge >= 0.3 is 0 Å². The summed E-state index contributed by atoms with van der Waals surface area (Å²) in [6.45, 7) is 2.17. The van der Waals surface area contributed by atoms with Crippen LogP contribution < -0.4 is 4.72 Å². The summed E-state index contributed by atoms with van der Waals surface area (Å²) in [5.74, 6) is 1.47. The van der Waals surface area contributed by atoms with Crippen LogP contribution in [-0.2, 0) is 10.0 Å². The second-order valence-corrected chi connectivity index (χ2v) is 10.2.